The molecule has 21 heavy (non-hydrogen) atoms. The SMILES string of the molecule is Cc1cc(Br)c(C(O)c2ccc(C(C)(C)C)cc2)cc1Br. The summed E-state index contributed by atoms with van der Waals surface area (Å²) in [5.41, 5.74) is 4.30. The van der Waals surface area contributed by atoms with Crippen LogP contribution in [0.3, 0.4) is 0 Å². The van der Waals surface area contributed by atoms with Crippen molar-refractivity contribution < 1.29 is 5.11 Å². The van der Waals surface area contributed by atoms with Crippen LogP contribution in [0, 0.1) is 6.92 Å². The summed E-state index contributed by atoms with van der Waals surface area (Å²) in [6, 6.07) is 12.2. The van der Waals surface area contributed by atoms with E-state index in [0.29, 0.717) is 0 Å². The molecule has 1 nitrogen and oxygen atoms in total. The van der Waals surface area contributed by atoms with Gasteiger partial charge in [-0.05, 0) is 41.2 Å². The first-order valence-corrected chi connectivity index (χ1v) is 8.53. The molecule has 112 valence electrons. The first-order valence-electron chi connectivity index (χ1n) is 6.94. The summed E-state index contributed by atoms with van der Waals surface area (Å²) >= 11 is 7.07. The Morgan fingerprint density at radius 3 is 2.05 bits per heavy atom. The van der Waals surface area contributed by atoms with E-state index in [0.717, 1.165) is 25.6 Å². The first kappa shape index (κ1) is 16.7. The first-order chi connectivity index (χ1) is 9.70. The summed E-state index contributed by atoms with van der Waals surface area (Å²) in [5.74, 6) is 0. The van der Waals surface area contributed by atoms with Crippen LogP contribution in [0.1, 0.15) is 49.1 Å². The zero-order chi connectivity index (χ0) is 15.8. The minimum atomic E-state index is -0.634. The predicted octanol–water partition coefficient (Wildman–Crippen LogP) is 5.90. The standard InChI is InChI=1S/C18H20Br2O/c1-11-9-16(20)14(10-15(11)19)17(21)12-5-7-13(8-6-12)18(2,3)4/h5-10,17,21H,1-4H3. The van der Waals surface area contributed by atoms with E-state index in [-0.39, 0.29) is 5.41 Å². The van der Waals surface area contributed by atoms with Crippen LogP contribution in [0.5, 0.6) is 0 Å². The molecule has 0 saturated carbocycles. The maximum Gasteiger partial charge on any atom is 0.105 e. The molecule has 2 rings (SSSR count). The lowest BCUT2D eigenvalue weighted by Gasteiger charge is -2.20. The molecule has 0 saturated heterocycles. The lowest BCUT2D eigenvalue weighted by molar-refractivity contribution is 0.219. The van der Waals surface area contributed by atoms with Gasteiger partial charge >= 0.3 is 0 Å². The van der Waals surface area contributed by atoms with Gasteiger partial charge in [-0.3, -0.25) is 0 Å². The van der Waals surface area contributed by atoms with E-state index in [2.05, 4.69) is 64.8 Å². The summed E-state index contributed by atoms with van der Waals surface area (Å²) in [4.78, 5) is 0. The van der Waals surface area contributed by atoms with Crippen molar-refractivity contribution in [1.29, 1.82) is 0 Å². The Morgan fingerprint density at radius 1 is 0.952 bits per heavy atom. The fraction of sp³-hybridized carbons (Fsp3) is 0.333. The molecular weight excluding hydrogens is 392 g/mol. The Labute approximate surface area is 143 Å². The molecule has 2 aromatic rings. The van der Waals surface area contributed by atoms with Crippen molar-refractivity contribution in [3.05, 3.63) is 67.6 Å². The minimum absolute atomic E-state index is 0.122. The van der Waals surface area contributed by atoms with E-state index in [1.807, 2.05) is 31.2 Å². The Balaban J connectivity index is 2.36. The van der Waals surface area contributed by atoms with Gasteiger partial charge in [-0.2, -0.15) is 0 Å². The van der Waals surface area contributed by atoms with E-state index in [1.165, 1.54) is 5.56 Å². The Bertz CT molecular complexity index is 640. The summed E-state index contributed by atoms with van der Waals surface area (Å²) < 4.78 is 1.93. The van der Waals surface area contributed by atoms with Crippen molar-refractivity contribution in [3.63, 3.8) is 0 Å². The molecule has 0 aliphatic heterocycles. The number of halogens is 2. The monoisotopic (exact) mass is 410 g/mol. The van der Waals surface area contributed by atoms with E-state index >= 15 is 0 Å². The predicted molar refractivity (Wildman–Crippen MR) is 95.8 cm³/mol. The molecular formula is C18H20Br2O. The minimum Gasteiger partial charge on any atom is -0.384 e. The molecule has 0 fully saturated rings. The van der Waals surface area contributed by atoms with Gasteiger partial charge in [-0.1, -0.05) is 76.9 Å². The second-order valence-electron chi connectivity index (χ2n) is 6.40. The van der Waals surface area contributed by atoms with E-state index in [4.69, 9.17) is 0 Å². The van der Waals surface area contributed by atoms with Gasteiger partial charge in [0.15, 0.2) is 0 Å². The Morgan fingerprint density at radius 2 is 1.52 bits per heavy atom. The number of aliphatic hydroxyl groups is 1. The van der Waals surface area contributed by atoms with Crippen molar-refractivity contribution in [2.24, 2.45) is 0 Å². The van der Waals surface area contributed by atoms with Crippen LogP contribution >= 0.6 is 31.9 Å². The zero-order valence-electron chi connectivity index (χ0n) is 12.7. The van der Waals surface area contributed by atoms with Gasteiger partial charge in [0.1, 0.15) is 6.10 Å². The maximum absolute atomic E-state index is 10.6. The quantitative estimate of drug-likeness (QED) is 0.652. The molecule has 1 N–H and O–H groups in total. The largest absolute Gasteiger partial charge is 0.384 e. The number of aliphatic hydroxyl groups excluding tert-OH is 1. The lowest BCUT2D eigenvalue weighted by atomic mass is 9.86. The highest BCUT2D eigenvalue weighted by atomic mass is 79.9. The van der Waals surface area contributed by atoms with Gasteiger partial charge < -0.3 is 5.11 Å². The number of hydrogen-bond acceptors (Lipinski definition) is 1. The fourth-order valence-corrected chi connectivity index (χ4v) is 3.25. The van der Waals surface area contributed by atoms with Crippen molar-refractivity contribution in [3.8, 4) is 0 Å². The average Bonchev–Trinajstić information content (AvgIpc) is 2.41. The average molecular weight is 412 g/mol. The van der Waals surface area contributed by atoms with Crippen molar-refractivity contribution >= 4 is 31.9 Å². The third-order valence-corrected chi connectivity index (χ3v) is 5.21. The van der Waals surface area contributed by atoms with Gasteiger partial charge in [0.2, 0.25) is 0 Å². The van der Waals surface area contributed by atoms with Crippen molar-refractivity contribution in [1.82, 2.24) is 0 Å². The number of hydrogen-bond donors (Lipinski definition) is 1. The molecule has 0 bridgehead atoms. The molecule has 2 aromatic carbocycles. The summed E-state index contributed by atoms with van der Waals surface area (Å²) in [6.45, 7) is 8.59. The highest BCUT2D eigenvalue weighted by molar-refractivity contribution is 9.11. The topological polar surface area (TPSA) is 20.2 Å². The van der Waals surface area contributed by atoms with E-state index in [9.17, 15) is 5.11 Å². The summed E-state index contributed by atoms with van der Waals surface area (Å²) in [6.07, 6.45) is -0.634. The second-order valence-corrected chi connectivity index (χ2v) is 8.11. The maximum atomic E-state index is 10.6. The van der Waals surface area contributed by atoms with Gasteiger partial charge in [0.25, 0.3) is 0 Å². The highest BCUT2D eigenvalue weighted by Crippen LogP contribution is 2.33. The molecule has 3 heteroatoms. The van der Waals surface area contributed by atoms with E-state index < -0.39 is 6.10 Å². The molecule has 1 unspecified atom stereocenters. The molecule has 0 spiro atoms. The molecule has 0 aromatic heterocycles. The smallest absolute Gasteiger partial charge is 0.105 e. The van der Waals surface area contributed by atoms with Crippen LogP contribution in [-0.2, 0) is 5.41 Å². The highest BCUT2D eigenvalue weighted by Gasteiger charge is 2.17. The third kappa shape index (κ3) is 3.77. The summed E-state index contributed by atoms with van der Waals surface area (Å²) in [5, 5.41) is 10.6. The van der Waals surface area contributed by atoms with Gasteiger partial charge in [0, 0.05) is 14.5 Å². The van der Waals surface area contributed by atoms with E-state index in [1.54, 1.807) is 0 Å². The van der Waals surface area contributed by atoms with Gasteiger partial charge in [-0.25, -0.2) is 0 Å². The molecule has 0 aliphatic rings. The Hall–Kier alpha value is -0.640. The number of aryl methyl sites for hydroxylation is 1. The van der Waals surface area contributed by atoms with Crippen LogP contribution < -0.4 is 0 Å². The lowest BCUT2D eigenvalue weighted by Crippen LogP contribution is -2.11. The molecule has 0 amide bonds. The van der Waals surface area contributed by atoms with Crippen LogP contribution in [0.15, 0.2) is 45.3 Å². The van der Waals surface area contributed by atoms with Crippen molar-refractivity contribution in [2.75, 3.05) is 0 Å². The zero-order valence-corrected chi connectivity index (χ0v) is 15.9. The Kier molecular flexibility index (Phi) is 4.96. The molecule has 0 aliphatic carbocycles. The van der Waals surface area contributed by atoms with Crippen molar-refractivity contribution in [2.45, 2.75) is 39.2 Å². The van der Waals surface area contributed by atoms with Crippen LogP contribution in [-0.4, -0.2) is 5.11 Å². The number of benzene rings is 2. The van der Waals surface area contributed by atoms with Crippen LogP contribution in [0.4, 0.5) is 0 Å². The summed E-state index contributed by atoms with van der Waals surface area (Å²) in [7, 11) is 0. The normalized spacial score (nSPS) is 13.3. The third-order valence-electron chi connectivity index (χ3n) is 3.66. The second kappa shape index (κ2) is 6.23. The molecule has 1 atom stereocenters. The van der Waals surface area contributed by atoms with Gasteiger partial charge in [0.05, 0.1) is 0 Å². The molecule has 0 radical (unpaired) electrons. The number of rotatable bonds is 2. The van der Waals surface area contributed by atoms with Crippen LogP contribution in [0.2, 0.25) is 0 Å². The van der Waals surface area contributed by atoms with Crippen LogP contribution in [0.25, 0.3) is 0 Å². The molecule has 0 heterocycles. The fourth-order valence-electron chi connectivity index (χ4n) is 2.22. The van der Waals surface area contributed by atoms with Gasteiger partial charge in [-0.15, -0.1) is 0 Å².